The number of hydrogen-bond acceptors (Lipinski definition) is 5. The smallest absolute Gasteiger partial charge is 0.170 e. The lowest BCUT2D eigenvalue weighted by molar-refractivity contribution is 1.06. The highest BCUT2D eigenvalue weighted by molar-refractivity contribution is 7.99. The van der Waals surface area contributed by atoms with Crippen LogP contribution in [0.5, 0.6) is 0 Å². The van der Waals surface area contributed by atoms with Crippen molar-refractivity contribution in [2.45, 2.75) is 10.1 Å². The summed E-state index contributed by atoms with van der Waals surface area (Å²) in [5.41, 5.74) is 12.7. The second-order valence-electron chi connectivity index (χ2n) is 3.09. The van der Waals surface area contributed by atoms with E-state index >= 15 is 0 Å². The molecule has 1 aromatic carbocycles. The zero-order valence-electron chi connectivity index (χ0n) is 8.27. The van der Waals surface area contributed by atoms with E-state index in [0.717, 1.165) is 4.90 Å². The maximum absolute atomic E-state index is 8.97. The number of nitrogens with zero attached hydrogens (tertiary/aromatic N) is 2. The maximum Gasteiger partial charge on any atom is 0.170 e. The van der Waals surface area contributed by atoms with Crippen LogP contribution in [0.15, 0.2) is 34.6 Å². The van der Waals surface area contributed by atoms with Crippen molar-refractivity contribution < 1.29 is 0 Å². The van der Waals surface area contributed by atoms with Crippen LogP contribution in [-0.4, -0.2) is 9.97 Å². The third kappa shape index (κ3) is 1.94. The summed E-state index contributed by atoms with van der Waals surface area (Å²) in [5.74, 6) is 0. The van der Waals surface area contributed by atoms with Crippen molar-refractivity contribution in [1.82, 2.24) is 9.97 Å². The van der Waals surface area contributed by atoms with E-state index in [0.29, 0.717) is 22.1 Å². The van der Waals surface area contributed by atoms with Crippen molar-refractivity contribution in [2.75, 3.05) is 11.5 Å². The van der Waals surface area contributed by atoms with Crippen molar-refractivity contribution >= 4 is 23.1 Å². The van der Waals surface area contributed by atoms with Gasteiger partial charge in [-0.1, -0.05) is 11.8 Å². The molecule has 2 aromatic rings. The van der Waals surface area contributed by atoms with Crippen molar-refractivity contribution in [3.8, 4) is 6.07 Å². The molecule has 0 aliphatic heterocycles. The van der Waals surface area contributed by atoms with Crippen LogP contribution in [0.1, 0.15) is 5.56 Å². The average molecular weight is 231 g/mol. The van der Waals surface area contributed by atoms with Crippen molar-refractivity contribution in [3.05, 3.63) is 30.1 Å². The van der Waals surface area contributed by atoms with Gasteiger partial charge < -0.3 is 16.5 Å². The lowest BCUT2D eigenvalue weighted by Crippen LogP contribution is -1.96. The van der Waals surface area contributed by atoms with Gasteiger partial charge >= 0.3 is 0 Å². The van der Waals surface area contributed by atoms with E-state index in [4.69, 9.17) is 16.7 Å². The van der Waals surface area contributed by atoms with Gasteiger partial charge in [0.05, 0.1) is 16.9 Å². The molecule has 0 saturated heterocycles. The Morgan fingerprint density at radius 2 is 2.06 bits per heavy atom. The summed E-state index contributed by atoms with van der Waals surface area (Å²) >= 11 is 1.34. The lowest BCUT2D eigenvalue weighted by Gasteiger charge is -2.05. The molecule has 0 unspecified atom stereocenters. The highest BCUT2D eigenvalue weighted by Crippen LogP contribution is 2.31. The summed E-state index contributed by atoms with van der Waals surface area (Å²) < 4.78 is 0. The van der Waals surface area contributed by atoms with E-state index in [9.17, 15) is 0 Å². The fourth-order valence-electron chi connectivity index (χ4n) is 1.19. The van der Waals surface area contributed by atoms with Crippen LogP contribution in [-0.2, 0) is 0 Å². The molecular formula is C10H9N5S. The van der Waals surface area contributed by atoms with Gasteiger partial charge in [0.15, 0.2) is 5.16 Å². The third-order valence-corrected chi connectivity index (χ3v) is 2.96. The molecule has 0 saturated carbocycles. The zero-order valence-corrected chi connectivity index (χ0v) is 9.08. The number of anilines is 2. The van der Waals surface area contributed by atoms with Crippen LogP contribution >= 0.6 is 11.8 Å². The molecule has 0 atom stereocenters. The molecule has 1 aromatic heterocycles. The molecule has 80 valence electrons. The molecule has 0 amide bonds. The molecule has 0 fully saturated rings. The van der Waals surface area contributed by atoms with Gasteiger partial charge in [-0.2, -0.15) is 5.26 Å². The molecule has 5 N–H and O–H groups in total. The number of hydrogen-bond donors (Lipinski definition) is 3. The first kappa shape index (κ1) is 10.4. The Labute approximate surface area is 96.5 Å². The Bertz CT molecular complexity index is 541. The molecular weight excluding hydrogens is 222 g/mol. The number of rotatable bonds is 2. The Morgan fingerprint density at radius 1 is 1.31 bits per heavy atom. The van der Waals surface area contributed by atoms with Crippen molar-refractivity contribution in [3.63, 3.8) is 0 Å². The lowest BCUT2D eigenvalue weighted by atomic mass is 10.2. The summed E-state index contributed by atoms with van der Waals surface area (Å²) in [4.78, 5) is 7.75. The first-order chi connectivity index (χ1) is 7.70. The quantitative estimate of drug-likeness (QED) is 0.681. The maximum atomic E-state index is 8.97. The Kier molecular flexibility index (Phi) is 2.70. The average Bonchev–Trinajstić information content (AvgIpc) is 2.76. The summed E-state index contributed by atoms with van der Waals surface area (Å²) in [6.07, 6.45) is 3.37. The molecule has 5 nitrogen and oxygen atoms in total. The van der Waals surface area contributed by atoms with E-state index < -0.39 is 0 Å². The van der Waals surface area contributed by atoms with Crippen LogP contribution in [0.25, 0.3) is 0 Å². The van der Waals surface area contributed by atoms with Gasteiger partial charge in [0, 0.05) is 17.3 Å². The molecule has 0 aliphatic carbocycles. The summed E-state index contributed by atoms with van der Waals surface area (Å²) in [7, 11) is 0. The minimum absolute atomic E-state index is 0.417. The van der Waals surface area contributed by atoms with Crippen LogP contribution in [0.4, 0.5) is 11.4 Å². The standard InChI is InChI=1S/C10H9N5S/c11-5-6-3-7(12)8(13)4-9(6)16-10-14-1-2-15-10/h1-4H,12-13H2,(H,14,15). The molecule has 0 bridgehead atoms. The number of aromatic nitrogens is 2. The van der Waals surface area contributed by atoms with E-state index in [1.165, 1.54) is 11.8 Å². The number of nitrogens with one attached hydrogen (secondary N) is 1. The van der Waals surface area contributed by atoms with Crippen LogP contribution < -0.4 is 11.5 Å². The van der Waals surface area contributed by atoms with Gasteiger partial charge in [-0.15, -0.1) is 0 Å². The molecule has 0 aliphatic rings. The number of benzene rings is 1. The first-order valence-corrected chi connectivity index (χ1v) is 5.28. The largest absolute Gasteiger partial charge is 0.397 e. The Balaban J connectivity index is 2.41. The highest BCUT2D eigenvalue weighted by Gasteiger charge is 2.08. The van der Waals surface area contributed by atoms with E-state index in [-0.39, 0.29) is 0 Å². The molecule has 0 spiro atoms. The topological polar surface area (TPSA) is 105 Å². The van der Waals surface area contributed by atoms with Gasteiger partial charge in [0.2, 0.25) is 0 Å². The summed E-state index contributed by atoms with van der Waals surface area (Å²) in [6.45, 7) is 0. The van der Waals surface area contributed by atoms with Gasteiger partial charge in [-0.3, -0.25) is 0 Å². The number of aromatic amines is 1. The number of H-pyrrole nitrogens is 1. The minimum atomic E-state index is 0.417. The molecule has 16 heavy (non-hydrogen) atoms. The Morgan fingerprint density at radius 3 is 2.69 bits per heavy atom. The van der Waals surface area contributed by atoms with E-state index in [2.05, 4.69) is 16.0 Å². The minimum Gasteiger partial charge on any atom is -0.397 e. The summed E-state index contributed by atoms with van der Waals surface area (Å²) in [6, 6.07) is 5.33. The predicted octanol–water partition coefficient (Wildman–Crippen LogP) is 1.60. The third-order valence-electron chi connectivity index (χ3n) is 1.99. The van der Waals surface area contributed by atoms with Gasteiger partial charge in [0.1, 0.15) is 6.07 Å². The predicted molar refractivity (Wildman–Crippen MR) is 62.7 cm³/mol. The van der Waals surface area contributed by atoms with Gasteiger partial charge in [-0.05, 0) is 12.1 Å². The normalized spacial score (nSPS) is 9.94. The van der Waals surface area contributed by atoms with Crippen LogP contribution in [0.3, 0.4) is 0 Å². The van der Waals surface area contributed by atoms with Crippen molar-refractivity contribution in [1.29, 1.82) is 5.26 Å². The number of nitriles is 1. The SMILES string of the molecule is N#Cc1cc(N)c(N)cc1Sc1ncc[nH]1. The molecule has 1 heterocycles. The van der Waals surface area contributed by atoms with Gasteiger partial charge in [0.25, 0.3) is 0 Å². The molecule has 6 heteroatoms. The van der Waals surface area contributed by atoms with E-state index in [1.807, 2.05) is 0 Å². The van der Waals surface area contributed by atoms with Crippen LogP contribution in [0, 0.1) is 11.3 Å². The van der Waals surface area contributed by atoms with Crippen LogP contribution in [0.2, 0.25) is 0 Å². The zero-order chi connectivity index (χ0) is 11.5. The molecule has 0 radical (unpaired) electrons. The van der Waals surface area contributed by atoms with E-state index in [1.54, 1.807) is 24.5 Å². The summed E-state index contributed by atoms with van der Waals surface area (Å²) in [5, 5.41) is 9.68. The fourth-order valence-corrected chi connectivity index (χ4v) is 2.04. The van der Waals surface area contributed by atoms with Gasteiger partial charge in [-0.25, -0.2) is 4.98 Å². The monoisotopic (exact) mass is 231 g/mol. The number of imidazole rings is 1. The highest BCUT2D eigenvalue weighted by atomic mass is 32.2. The Hall–Kier alpha value is -2.13. The fraction of sp³-hybridized carbons (Fsp3) is 0. The second-order valence-corrected chi connectivity index (χ2v) is 4.12. The first-order valence-electron chi connectivity index (χ1n) is 4.47. The van der Waals surface area contributed by atoms with Crippen molar-refractivity contribution in [2.24, 2.45) is 0 Å². The number of nitrogen functional groups attached to an aromatic ring is 2. The number of nitrogens with two attached hydrogens (primary N) is 2. The second kappa shape index (κ2) is 4.16. The molecule has 2 rings (SSSR count).